The van der Waals surface area contributed by atoms with E-state index in [1.54, 1.807) is 0 Å². The Balaban J connectivity index is 1.59. The molecule has 142 valence electrons. The summed E-state index contributed by atoms with van der Waals surface area (Å²) in [7, 11) is 0. The lowest BCUT2D eigenvalue weighted by Gasteiger charge is -2.29. The minimum absolute atomic E-state index is 0.261. The van der Waals surface area contributed by atoms with Crippen molar-refractivity contribution in [3.05, 3.63) is 59.2 Å². The number of carbonyl (C=O) groups is 1. The van der Waals surface area contributed by atoms with Gasteiger partial charge in [-0.15, -0.1) is 0 Å². The smallest absolute Gasteiger partial charge is 0.257 e. The van der Waals surface area contributed by atoms with Gasteiger partial charge in [-0.05, 0) is 36.4 Å². The van der Waals surface area contributed by atoms with E-state index < -0.39 is 17.5 Å². The molecule has 0 unspecified atom stereocenters. The summed E-state index contributed by atoms with van der Waals surface area (Å²) < 4.78 is 38.6. The van der Waals surface area contributed by atoms with Crippen molar-refractivity contribution in [3.8, 4) is 5.75 Å². The Morgan fingerprint density at radius 3 is 2.59 bits per heavy atom. The zero-order valence-corrected chi connectivity index (χ0v) is 14.8. The first-order valence-corrected chi connectivity index (χ1v) is 8.94. The fraction of sp³-hybridized carbons (Fsp3) is 0.350. The predicted molar refractivity (Wildman–Crippen MR) is 96.1 cm³/mol. The fourth-order valence-electron chi connectivity index (χ4n) is 3.40. The summed E-state index contributed by atoms with van der Waals surface area (Å²) in [5, 5.41) is 0. The van der Waals surface area contributed by atoms with Crippen LogP contribution in [0.3, 0.4) is 0 Å². The molecule has 5 nitrogen and oxygen atoms in total. The number of hydrogen-bond acceptors (Lipinski definition) is 4. The molecule has 0 aromatic heterocycles. The summed E-state index contributed by atoms with van der Waals surface area (Å²) in [6.45, 7) is 3.84. The molecule has 0 spiro atoms. The molecule has 1 fully saturated rings. The monoisotopic (exact) mass is 374 g/mol. The highest BCUT2D eigenvalue weighted by Crippen LogP contribution is 2.29. The van der Waals surface area contributed by atoms with Gasteiger partial charge in [0.1, 0.15) is 24.0 Å². The maximum Gasteiger partial charge on any atom is 0.257 e. The average Bonchev–Trinajstić information content (AvgIpc) is 2.91. The lowest BCUT2D eigenvalue weighted by Crippen LogP contribution is -2.36. The first kappa shape index (κ1) is 17.7. The van der Waals surface area contributed by atoms with E-state index >= 15 is 0 Å². The highest BCUT2D eigenvalue weighted by Gasteiger charge is 2.24. The molecule has 0 radical (unpaired) electrons. The molecule has 0 atom stereocenters. The van der Waals surface area contributed by atoms with Crippen molar-refractivity contribution < 1.29 is 23.0 Å². The van der Waals surface area contributed by atoms with Crippen molar-refractivity contribution in [2.45, 2.75) is 6.54 Å². The number of fused-ring (bicyclic) bond motifs is 1. The van der Waals surface area contributed by atoms with Gasteiger partial charge < -0.3 is 19.3 Å². The minimum atomic E-state index is -0.728. The average molecular weight is 374 g/mol. The molecule has 2 heterocycles. The molecule has 0 saturated carbocycles. The van der Waals surface area contributed by atoms with Crippen LogP contribution in [0, 0.1) is 11.6 Å². The van der Waals surface area contributed by atoms with Crippen LogP contribution < -0.4 is 9.64 Å². The molecule has 27 heavy (non-hydrogen) atoms. The number of halogens is 2. The lowest BCUT2D eigenvalue weighted by atomic mass is 10.1. The summed E-state index contributed by atoms with van der Waals surface area (Å²) in [6, 6.07) is 8.80. The van der Waals surface area contributed by atoms with Gasteiger partial charge >= 0.3 is 0 Å². The van der Waals surface area contributed by atoms with E-state index in [2.05, 4.69) is 4.90 Å². The molecule has 0 N–H and O–H groups in total. The molecular formula is C20H20F2N2O3. The van der Waals surface area contributed by atoms with E-state index in [9.17, 15) is 13.6 Å². The summed E-state index contributed by atoms with van der Waals surface area (Å²) in [5.74, 6) is -1.20. The zero-order chi connectivity index (χ0) is 18.8. The number of nitrogens with zero attached hydrogens (tertiary/aromatic N) is 2. The Hall–Kier alpha value is -2.67. The largest absolute Gasteiger partial charge is 0.491 e. The van der Waals surface area contributed by atoms with Gasteiger partial charge in [0.25, 0.3) is 5.91 Å². The highest BCUT2D eigenvalue weighted by atomic mass is 19.1. The Morgan fingerprint density at radius 2 is 1.78 bits per heavy atom. The number of ether oxygens (including phenoxy) is 2. The van der Waals surface area contributed by atoms with Gasteiger partial charge in [0.15, 0.2) is 0 Å². The van der Waals surface area contributed by atoms with Gasteiger partial charge in [-0.2, -0.15) is 0 Å². The number of rotatable bonds is 2. The van der Waals surface area contributed by atoms with Gasteiger partial charge in [-0.3, -0.25) is 4.79 Å². The summed E-state index contributed by atoms with van der Waals surface area (Å²) in [4.78, 5) is 16.5. The molecular weight excluding hydrogens is 354 g/mol. The molecule has 1 amide bonds. The quantitative estimate of drug-likeness (QED) is 0.811. The third-order valence-corrected chi connectivity index (χ3v) is 4.85. The fourth-order valence-corrected chi connectivity index (χ4v) is 3.40. The zero-order valence-electron chi connectivity index (χ0n) is 14.8. The van der Waals surface area contributed by atoms with Crippen LogP contribution in [-0.4, -0.2) is 50.3 Å². The minimum Gasteiger partial charge on any atom is -0.491 e. The Morgan fingerprint density at radius 1 is 0.963 bits per heavy atom. The molecule has 0 aliphatic carbocycles. The number of carbonyl (C=O) groups excluding carboxylic acids is 1. The molecule has 2 aliphatic heterocycles. The van der Waals surface area contributed by atoms with Crippen LogP contribution in [0.25, 0.3) is 0 Å². The Labute approximate surface area is 156 Å². The first-order chi connectivity index (χ1) is 13.1. The Kier molecular flexibility index (Phi) is 4.94. The maximum absolute atomic E-state index is 14.0. The van der Waals surface area contributed by atoms with Gasteiger partial charge in [-0.1, -0.05) is 0 Å². The van der Waals surface area contributed by atoms with Crippen LogP contribution in [0.4, 0.5) is 14.5 Å². The van der Waals surface area contributed by atoms with Crippen LogP contribution in [0.2, 0.25) is 0 Å². The highest BCUT2D eigenvalue weighted by molar-refractivity contribution is 5.94. The maximum atomic E-state index is 14.0. The van der Waals surface area contributed by atoms with Crippen molar-refractivity contribution in [3.63, 3.8) is 0 Å². The second kappa shape index (κ2) is 7.52. The van der Waals surface area contributed by atoms with Gasteiger partial charge in [-0.25, -0.2) is 8.78 Å². The van der Waals surface area contributed by atoms with Crippen molar-refractivity contribution >= 4 is 11.6 Å². The van der Waals surface area contributed by atoms with E-state index in [0.717, 1.165) is 42.5 Å². The molecule has 2 aliphatic rings. The number of benzene rings is 2. The molecule has 2 aromatic rings. The second-order valence-electron chi connectivity index (χ2n) is 6.59. The number of anilines is 1. The SMILES string of the molecule is O=C(c1cc(F)ccc1F)N1CCOc2ccc(N3CCOCC3)cc2C1. The van der Waals surface area contributed by atoms with Crippen molar-refractivity contribution in [1.82, 2.24) is 4.90 Å². The molecule has 1 saturated heterocycles. The Bertz CT molecular complexity index is 853. The predicted octanol–water partition coefficient (Wildman–Crippen LogP) is 2.84. The molecule has 0 bridgehead atoms. The number of morpholine rings is 1. The van der Waals surface area contributed by atoms with E-state index in [0.29, 0.717) is 32.1 Å². The van der Waals surface area contributed by atoms with Crippen molar-refractivity contribution in [1.29, 1.82) is 0 Å². The normalized spacial score (nSPS) is 17.1. The molecule has 7 heteroatoms. The first-order valence-electron chi connectivity index (χ1n) is 8.94. The van der Waals surface area contributed by atoms with Crippen LogP contribution >= 0.6 is 0 Å². The van der Waals surface area contributed by atoms with Crippen LogP contribution in [-0.2, 0) is 11.3 Å². The van der Waals surface area contributed by atoms with E-state index in [1.807, 2.05) is 18.2 Å². The number of amides is 1. The molecule has 4 rings (SSSR count). The van der Waals surface area contributed by atoms with Crippen molar-refractivity contribution in [2.24, 2.45) is 0 Å². The third kappa shape index (κ3) is 3.73. The lowest BCUT2D eigenvalue weighted by molar-refractivity contribution is 0.0728. The van der Waals surface area contributed by atoms with Gasteiger partial charge in [0.2, 0.25) is 0 Å². The summed E-state index contributed by atoms with van der Waals surface area (Å²) in [5.41, 5.74) is 1.62. The summed E-state index contributed by atoms with van der Waals surface area (Å²) in [6.07, 6.45) is 0. The standard InChI is InChI=1S/C20H20F2N2O3/c21-15-1-3-18(22)17(12-15)20(25)24-7-10-27-19-4-2-16(11-14(19)13-24)23-5-8-26-9-6-23/h1-4,11-12H,5-10,13H2. The summed E-state index contributed by atoms with van der Waals surface area (Å²) >= 11 is 0. The van der Waals surface area contributed by atoms with E-state index in [-0.39, 0.29) is 12.1 Å². The topological polar surface area (TPSA) is 42.0 Å². The van der Waals surface area contributed by atoms with Gasteiger partial charge in [0.05, 0.1) is 25.3 Å². The second-order valence-corrected chi connectivity index (χ2v) is 6.59. The number of hydrogen-bond donors (Lipinski definition) is 0. The van der Waals surface area contributed by atoms with E-state index in [1.165, 1.54) is 4.90 Å². The third-order valence-electron chi connectivity index (χ3n) is 4.85. The molecule has 2 aromatic carbocycles. The van der Waals surface area contributed by atoms with E-state index in [4.69, 9.17) is 9.47 Å². The van der Waals surface area contributed by atoms with Gasteiger partial charge in [0, 0.05) is 30.9 Å². The van der Waals surface area contributed by atoms with Crippen molar-refractivity contribution in [2.75, 3.05) is 44.4 Å². The van der Waals surface area contributed by atoms with Crippen LogP contribution in [0.1, 0.15) is 15.9 Å². The van der Waals surface area contributed by atoms with Crippen LogP contribution in [0.5, 0.6) is 5.75 Å². The van der Waals surface area contributed by atoms with Crippen LogP contribution in [0.15, 0.2) is 36.4 Å².